The van der Waals surface area contributed by atoms with E-state index in [-0.39, 0.29) is 11.1 Å². The normalized spacial score (nSPS) is 21.5. The molecule has 16 heteroatoms. The molecule has 3 aromatic carbocycles. The van der Waals surface area contributed by atoms with Crippen molar-refractivity contribution in [3.05, 3.63) is 51.7 Å². The Bertz CT molecular complexity index is 1870. The quantitative estimate of drug-likeness (QED) is 0.0840. The van der Waals surface area contributed by atoms with Gasteiger partial charge in [-0.15, -0.1) is 0 Å². The molecule has 0 aliphatic carbocycles. The molecule has 4 aromatic rings. The smallest absolute Gasteiger partial charge is 0.343 e. The van der Waals surface area contributed by atoms with Crippen molar-refractivity contribution in [1.29, 1.82) is 0 Å². The Morgan fingerprint density at radius 3 is 2.09 bits per heavy atom. The van der Waals surface area contributed by atoms with Crippen LogP contribution in [0.25, 0.3) is 22.3 Å². The average molecular weight is 631 g/mol. The standard InChI is InChI=1S/C29H26O16/c1-8-12(7-17(22(37)19(8)34)44-28(41)10-3-14(32)21(36)15(33)4-10)26-27(45-29-25(40)24(39)20(35)9(2)42-29)23(38)18-13(31)5-11(30)6-16(18)43-26/h3-7,9,20,24-25,29-37,39-40H,1-2H3/t9-,20-,24+,25+,29-/m0/s1. The van der Waals surface area contributed by atoms with Crippen LogP contribution in [0.5, 0.6) is 51.7 Å². The van der Waals surface area contributed by atoms with Gasteiger partial charge in [-0.1, -0.05) is 0 Å². The van der Waals surface area contributed by atoms with Gasteiger partial charge in [0.15, 0.2) is 34.5 Å². The van der Waals surface area contributed by atoms with E-state index >= 15 is 0 Å². The van der Waals surface area contributed by atoms with Crippen LogP contribution in [0.1, 0.15) is 22.8 Å². The van der Waals surface area contributed by atoms with E-state index in [1.807, 2.05) is 0 Å². The topological polar surface area (TPSA) is 277 Å². The molecule has 45 heavy (non-hydrogen) atoms. The highest BCUT2D eigenvalue weighted by Gasteiger charge is 2.44. The molecule has 0 bridgehead atoms. The van der Waals surface area contributed by atoms with Crippen molar-refractivity contribution in [3.63, 3.8) is 0 Å². The zero-order valence-electron chi connectivity index (χ0n) is 23.2. The molecule has 16 nitrogen and oxygen atoms in total. The first-order valence-corrected chi connectivity index (χ1v) is 13.0. The maximum absolute atomic E-state index is 13.7. The third-order valence-corrected chi connectivity index (χ3v) is 7.21. The first-order valence-electron chi connectivity index (χ1n) is 13.0. The molecular weight excluding hydrogens is 604 g/mol. The number of aliphatic hydroxyl groups excluding tert-OH is 3. The zero-order valence-corrected chi connectivity index (χ0v) is 23.2. The number of hydrogen-bond donors (Lipinski definition) is 10. The van der Waals surface area contributed by atoms with Gasteiger partial charge in [0.05, 0.1) is 11.7 Å². The largest absolute Gasteiger partial charge is 0.508 e. The third-order valence-electron chi connectivity index (χ3n) is 7.21. The minimum Gasteiger partial charge on any atom is -0.508 e. The number of fused-ring (bicyclic) bond motifs is 1. The van der Waals surface area contributed by atoms with Gasteiger partial charge in [0, 0.05) is 23.3 Å². The first-order chi connectivity index (χ1) is 21.1. The fraction of sp³-hybridized carbons (Fsp3) is 0.241. The number of phenolic OH excluding ortho intramolecular Hbond substituents is 7. The summed E-state index contributed by atoms with van der Waals surface area (Å²) in [7, 11) is 0. The van der Waals surface area contributed by atoms with E-state index in [9.17, 15) is 60.7 Å². The number of aliphatic hydroxyl groups is 3. The van der Waals surface area contributed by atoms with Crippen LogP contribution in [0.3, 0.4) is 0 Å². The minimum absolute atomic E-state index is 0.183. The fourth-order valence-electron chi connectivity index (χ4n) is 4.70. The second kappa shape index (κ2) is 11.3. The maximum atomic E-state index is 13.7. The Balaban J connectivity index is 1.69. The van der Waals surface area contributed by atoms with Gasteiger partial charge in [0.1, 0.15) is 40.8 Å². The van der Waals surface area contributed by atoms with Crippen molar-refractivity contribution < 1.29 is 74.5 Å². The average Bonchev–Trinajstić information content (AvgIpc) is 2.98. The number of hydrogen-bond acceptors (Lipinski definition) is 16. The summed E-state index contributed by atoms with van der Waals surface area (Å²) in [6, 6.07) is 4.24. The predicted molar refractivity (Wildman–Crippen MR) is 149 cm³/mol. The highest BCUT2D eigenvalue weighted by Crippen LogP contribution is 2.47. The Morgan fingerprint density at radius 2 is 1.44 bits per heavy atom. The van der Waals surface area contributed by atoms with Gasteiger partial charge >= 0.3 is 5.97 Å². The van der Waals surface area contributed by atoms with E-state index in [1.165, 1.54) is 13.8 Å². The second-order valence-electron chi connectivity index (χ2n) is 10.2. The number of phenols is 7. The number of rotatable bonds is 5. The highest BCUT2D eigenvalue weighted by molar-refractivity contribution is 5.94. The second-order valence-corrected chi connectivity index (χ2v) is 10.2. The van der Waals surface area contributed by atoms with Gasteiger partial charge in [-0.3, -0.25) is 4.79 Å². The number of esters is 1. The molecule has 0 radical (unpaired) electrons. The zero-order chi connectivity index (χ0) is 33.1. The van der Waals surface area contributed by atoms with Gasteiger partial charge in [-0.25, -0.2) is 4.79 Å². The lowest BCUT2D eigenvalue weighted by molar-refractivity contribution is -0.268. The van der Waals surface area contributed by atoms with Crippen molar-refractivity contribution in [2.45, 2.75) is 44.6 Å². The SMILES string of the molecule is Cc1c(-c2oc3cc(O)cc(O)c3c(=O)c2O[C@@H]2O[C@@H](C)[C@H](O)[C@@H](O)[C@H]2O)cc(OC(=O)c2cc(O)c(O)c(O)c2)c(O)c1O. The van der Waals surface area contributed by atoms with Gasteiger partial charge < -0.3 is 69.7 Å². The van der Waals surface area contributed by atoms with Crippen molar-refractivity contribution >= 4 is 16.9 Å². The molecule has 0 saturated carbocycles. The van der Waals surface area contributed by atoms with E-state index in [1.54, 1.807) is 0 Å². The summed E-state index contributed by atoms with van der Waals surface area (Å²) in [6.07, 6.45) is -8.10. The van der Waals surface area contributed by atoms with Crippen LogP contribution in [0.2, 0.25) is 0 Å². The lowest BCUT2D eigenvalue weighted by atomic mass is 9.99. The molecule has 1 aromatic heterocycles. The van der Waals surface area contributed by atoms with Crippen LogP contribution in [-0.4, -0.2) is 87.7 Å². The van der Waals surface area contributed by atoms with Gasteiger partial charge in [0.2, 0.25) is 23.2 Å². The number of ether oxygens (including phenoxy) is 3. The Labute approximate surface area is 251 Å². The molecule has 0 unspecified atom stereocenters. The van der Waals surface area contributed by atoms with Crippen LogP contribution in [0.15, 0.2) is 39.5 Å². The Hall–Kier alpha value is -5.42. The third kappa shape index (κ3) is 5.31. The number of carbonyl (C=O) groups excluding carboxylic acids is 1. The maximum Gasteiger partial charge on any atom is 0.343 e. The summed E-state index contributed by atoms with van der Waals surface area (Å²) in [5.74, 6) is -9.11. The van der Waals surface area contributed by atoms with E-state index in [2.05, 4.69) is 0 Å². The van der Waals surface area contributed by atoms with E-state index in [0.717, 1.165) is 30.3 Å². The van der Waals surface area contributed by atoms with Gasteiger partial charge in [-0.2, -0.15) is 0 Å². The van der Waals surface area contributed by atoms with Crippen LogP contribution in [-0.2, 0) is 4.74 Å². The van der Waals surface area contributed by atoms with Crippen molar-refractivity contribution in [2.75, 3.05) is 0 Å². The molecule has 0 spiro atoms. The summed E-state index contributed by atoms with van der Waals surface area (Å²) in [5.41, 5.74) is -2.44. The molecule has 1 aliphatic heterocycles. The van der Waals surface area contributed by atoms with Crippen LogP contribution >= 0.6 is 0 Å². The molecule has 238 valence electrons. The molecule has 10 N–H and O–H groups in total. The minimum atomic E-state index is -1.91. The first kappa shape index (κ1) is 31.0. The van der Waals surface area contributed by atoms with Crippen LogP contribution in [0.4, 0.5) is 0 Å². The Kier molecular flexibility index (Phi) is 7.76. The molecule has 2 heterocycles. The molecular formula is C29H26O16. The van der Waals surface area contributed by atoms with E-state index < -0.39 is 116 Å². The van der Waals surface area contributed by atoms with E-state index in [4.69, 9.17) is 18.6 Å². The van der Waals surface area contributed by atoms with E-state index in [0.29, 0.717) is 0 Å². The van der Waals surface area contributed by atoms with Crippen LogP contribution in [0, 0.1) is 6.92 Å². The summed E-state index contributed by atoms with van der Waals surface area (Å²) < 4.78 is 22.1. The summed E-state index contributed by atoms with van der Waals surface area (Å²) in [4.78, 5) is 26.5. The van der Waals surface area contributed by atoms with Crippen molar-refractivity contribution in [1.82, 2.24) is 0 Å². The molecule has 1 aliphatic rings. The summed E-state index contributed by atoms with van der Waals surface area (Å²) >= 11 is 0. The molecule has 5 atom stereocenters. The predicted octanol–water partition coefficient (Wildman–Crippen LogP) is 1.13. The Morgan fingerprint density at radius 1 is 0.800 bits per heavy atom. The van der Waals surface area contributed by atoms with Crippen molar-refractivity contribution in [2.24, 2.45) is 0 Å². The lowest BCUT2D eigenvalue weighted by Gasteiger charge is -2.38. The van der Waals surface area contributed by atoms with Crippen LogP contribution < -0.4 is 14.9 Å². The molecule has 0 amide bonds. The summed E-state index contributed by atoms with van der Waals surface area (Å²) in [5, 5.41) is 101. The lowest BCUT2D eigenvalue weighted by Crippen LogP contribution is -2.58. The monoisotopic (exact) mass is 630 g/mol. The van der Waals surface area contributed by atoms with Crippen molar-refractivity contribution in [3.8, 4) is 63.1 Å². The number of aromatic hydroxyl groups is 7. The fourth-order valence-corrected chi connectivity index (χ4v) is 4.70. The number of carbonyl (C=O) groups is 1. The summed E-state index contributed by atoms with van der Waals surface area (Å²) in [6.45, 7) is 2.61. The molecule has 1 saturated heterocycles. The van der Waals surface area contributed by atoms with Gasteiger partial charge in [-0.05, 0) is 32.0 Å². The molecule has 5 rings (SSSR count). The number of benzene rings is 3. The highest BCUT2D eigenvalue weighted by atomic mass is 16.7. The van der Waals surface area contributed by atoms with Gasteiger partial charge in [0.25, 0.3) is 0 Å². The molecule has 1 fully saturated rings.